The van der Waals surface area contributed by atoms with E-state index < -0.39 is 10.0 Å². The van der Waals surface area contributed by atoms with Crippen LogP contribution >= 0.6 is 0 Å². The molecule has 0 saturated carbocycles. The van der Waals surface area contributed by atoms with Crippen LogP contribution in [-0.4, -0.2) is 28.4 Å². The van der Waals surface area contributed by atoms with Gasteiger partial charge in [-0.3, -0.25) is 0 Å². The van der Waals surface area contributed by atoms with Crippen molar-refractivity contribution in [1.29, 1.82) is 0 Å². The minimum absolute atomic E-state index is 0.101. The predicted molar refractivity (Wildman–Crippen MR) is 55.2 cm³/mol. The Kier molecular flexibility index (Phi) is 2.35. The van der Waals surface area contributed by atoms with Gasteiger partial charge in [0, 0.05) is 18.3 Å². The highest BCUT2D eigenvalue weighted by Crippen LogP contribution is 2.23. The third-order valence-corrected chi connectivity index (χ3v) is 4.18. The van der Waals surface area contributed by atoms with Crippen molar-refractivity contribution in [3.8, 4) is 0 Å². The molecule has 0 radical (unpaired) electrons. The third kappa shape index (κ3) is 1.80. The summed E-state index contributed by atoms with van der Waals surface area (Å²) in [7, 11) is -3.15. The van der Waals surface area contributed by atoms with Crippen LogP contribution in [0.1, 0.15) is 18.2 Å². The lowest BCUT2D eigenvalue weighted by atomic mass is 10.3. The van der Waals surface area contributed by atoms with Crippen LogP contribution in [0.15, 0.2) is 6.20 Å². The van der Waals surface area contributed by atoms with Gasteiger partial charge in [0.15, 0.2) is 0 Å². The second-order valence-corrected chi connectivity index (χ2v) is 5.63. The summed E-state index contributed by atoms with van der Waals surface area (Å²) in [6.07, 6.45) is 1.59. The number of nitrogens with two attached hydrogens (primary N) is 1. The van der Waals surface area contributed by atoms with Crippen LogP contribution in [0.2, 0.25) is 0 Å². The van der Waals surface area contributed by atoms with Gasteiger partial charge in [-0.05, 0) is 6.92 Å². The summed E-state index contributed by atoms with van der Waals surface area (Å²) in [6.45, 7) is 2.28. The molecule has 1 aliphatic heterocycles. The van der Waals surface area contributed by atoms with E-state index in [0.29, 0.717) is 18.8 Å². The van der Waals surface area contributed by atoms with Crippen molar-refractivity contribution in [2.45, 2.75) is 20.0 Å². The van der Waals surface area contributed by atoms with Crippen LogP contribution in [0.5, 0.6) is 0 Å². The molecule has 0 saturated heterocycles. The first kappa shape index (κ1) is 10.3. The lowest BCUT2D eigenvalue weighted by molar-refractivity contribution is 0.431. The molecule has 6 nitrogen and oxygen atoms in total. The van der Waals surface area contributed by atoms with Crippen LogP contribution in [0, 0.1) is 0 Å². The fourth-order valence-corrected chi connectivity index (χ4v) is 2.54. The summed E-state index contributed by atoms with van der Waals surface area (Å²) < 4.78 is 24.6. The van der Waals surface area contributed by atoms with Gasteiger partial charge < -0.3 is 5.73 Å². The molecule has 2 rings (SSSR count). The molecule has 15 heavy (non-hydrogen) atoms. The number of anilines is 1. The monoisotopic (exact) mass is 228 g/mol. The number of hydrogen-bond acceptors (Lipinski definition) is 5. The molecule has 7 heteroatoms. The molecule has 0 unspecified atom stereocenters. The van der Waals surface area contributed by atoms with E-state index in [1.54, 1.807) is 13.1 Å². The zero-order valence-corrected chi connectivity index (χ0v) is 9.16. The summed E-state index contributed by atoms with van der Waals surface area (Å²) in [5, 5.41) is 0. The van der Waals surface area contributed by atoms with Crippen molar-refractivity contribution in [2.24, 2.45) is 0 Å². The maximum atomic E-state index is 11.6. The Morgan fingerprint density at radius 2 is 2.27 bits per heavy atom. The SMILES string of the molecule is CCS(=O)(=O)N1Cc2cnc(N)nc2C1. The molecule has 0 fully saturated rings. The third-order valence-electron chi connectivity index (χ3n) is 2.40. The second-order valence-electron chi connectivity index (χ2n) is 3.37. The first-order chi connectivity index (χ1) is 7.03. The minimum Gasteiger partial charge on any atom is -0.368 e. The molecule has 2 N–H and O–H groups in total. The molecular weight excluding hydrogens is 216 g/mol. The largest absolute Gasteiger partial charge is 0.368 e. The van der Waals surface area contributed by atoms with Gasteiger partial charge in [-0.25, -0.2) is 18.4 Å². The van der Waals surface area contributed by atoms with Gasteiger partial charge in [0.1, 0.15) is 0 Å². The average molecular weight is 228 g/mol. The average Bonchev–Trinajstić information content (AvgIpc) is 2.61. The van der Waals surface area contributed by atoms with Gasteiger partial charge in [0.25, 0.3) is 0 Å². The Morgan fingerprint density at radius 3 is 2.93 bits per heavy atom. The summed E-state index contributed by atoms with van der Waals surface area (Å²) in [5.41, 5.74) is 6.97. The number of nitrogens with zero attached hydrogens (tertiary/aromatic N) is 3. The molecule has 1 aliphatic rings. The molecule has 1 aromatic heterocycles. The molecule has 2 heterocycles. The summed E-state index contributed by atoms with van der Waals surface area (Å²) in [5.74, 6) is 0.286. The molecule has 0 atom stereocenters. The molecule has 82 valence electrons. The Morgan fingerprint density at radius 1 is 1.53 bits per heavy atom. The van der Waals surface area contributed by atoms with Crippen LogP contribution in [0.3, 0.4) is 0 Å². The van der Waals surface area contributed by atoms with Crippen molar-refractivity contribution >= 4 is 16.0 Å². The van der Waals surface area contributed by atoms with Crippen LogP contribution < -0.4 is 5.73 Å². The van der Waals surface area contributed by atoms with Crippen molar-refractivity contribution in [3.05, 3.63) is 17.5 Å². The topological polar surface area (TPSA) is 89.2 Å². The first-order valence-corrected chi connectivity index (χ1v) is 6.22. The van der Waals surface area contributed by atoms with E-state index >= 15 is 0 Å². The Labute approximate surface area is 88.2 Å². The van der Waals surface area contributed by atoms with Crippen LogP contribution in [0.25, 0.3) is 0 Å². The highest BCUT2D eigenvalue weighted by Gasteiger charge is 2.29. The summed E-state index contributed by atoms with van der Waals surface area (Å²) >= 11 is 0. The number of hydrogen-bond donors (Lipinski definition) is 1. The summed E-state index contributed by atoms with van der Waals surface area (Å²) in [6, 6.07) is 0. The van der Waals surface area contributed by atoms with Crippen molar-refractivity contribution in [1.82, 2.24) is 14.3 Å². The second kappa shape index (κ2) is 3.42. The zero-order chi connectivity index (χ0) is 11.1. The van der Waals surface area contributed by atoms with E-state index in [9.17, 15) is 8.42 Å². The number of aromatic nitrogens is 2. The Bertz CT molecular complexity index is 485. The fourth-order valence-electron chi connectivity index (χ4n) is 1.52. The smallest absolute Gasteiger partial charge is 0.220 e. The molecule has 0 aliphatic carbocycles. The number of fused-ring (bicyclic) bond motifs is 1. The molecule has 0 amide bonds. The molecule has 0 bridgehead atoms. The Hall–Kier alpha value is -1.21. The highest BCUT2D eigenvalue weighted by molar-refractivity contribution is 7.89. The Balaban J connectivity index is 2.30. The lowest BCUT2D eigenvalue weighted by Gasteiger charge is -2.12. The van der Waals surface area contributed by atoms with Gasteiger partial charge in [-0.1, -0.05) is 0 Å². The van der Waals surface area contributed by atoms with Crippen LogP contribution in [0.4, 0.5) is 5.95 Å². The minimum atomic E-state index is -3.15. The maximum Gasteiger partial charge on any atom is 0.220 e. The van der Waals surface area contributed by atoms with Crippen LogP contribution in [-0.2, 0) is 23.1 Å². The lowest BCUT2D eigenvalue weighted by Crippen LogP contribution is -2.27. The van der Waals surface area contributed by atoms with Gasteiger partial charge in [0.05, 0.1) is 18.0 Å². The summed E-state index contributed by atoms with van der Waals surface area (Å²) in [4.78, 5) is 7.85. The van der Waals surface area contributed by atoms with E-state index in [4.69, 9.17) is 5.73 Å². The number of rotatable bonds is 2. The van der Waals surface area contributed by atoms with Crippen molar-refractivity contribution < 1.29 is 8.42 Å². The predicted octanol–water partition coefficient (Wildman–Crippen LogP) is -0.276. The van der Waals surface area contributed by atoms with Crippen molar-refractivity contribution in [3.63, 3.8) is 0 Å². The van der Waals surface area contributed by atoms with Gasteiger partial charge in [0.2, 0.25) is 16.0 Å². The molecule has 0 spiro atoms. The quantitative estimate of drug-likeness (QED) is 0.752. The van der Waals surface area contributed by atoms with E-state index in [1.807, 2.05) is 0 Å². The van der Waals surface area contributed by atoms with Gasteiger partial charge in [-0.2, -0.15) is 4.31 Å². The zero-order valence-electron chi connectivity index (χ0n) is 8.34. The van der Waals surface area contributed by atoms with E-state index in [0.717, 1.165) is 5.56 Å². The molecule has 1 aromatic rings. The molecule has 0 aromatic carbocycles. The highest BCUT2D eigenvalue weighted by atomic mass is 32.2. The van der Waals surface area contributed by atoms with Crippen molar-refractivity contribution in [2.75, 3.05) is 11.5 Å². The number of nitrogen functional groups attached to an aromatic ring is 1. The van der Waals surface area contributed by atoms with Gasteiger partial charge >= 0.3 is 0 Å². The standard InChI is InChI=1S/C8H12N4O2S/c1-2-15(13,14)12-4-6-3-10-8(9)11-7(6)5-12/h3H,2,4-5H2,1H3,(H2,9,10,11). The first-order valence-electron chi connectivity index (χ1n) is 4.61. The van der Waals surface area contributed by atoms with E-state index in [2.05, 4.69) is 9.97 Å². The fraction of sp³-hybridized carbons (Fsp3) is 0.500. The maximum absolute atomic E-state index is 11.6. The number of sulfonamides is 1. The van der Waals surface area contributed by atoms with E-state index in [1.165, 1.54) is 4.31 Å². The van der Waals surface area contributed by atoms with E-state index in [-0.39, 0.29) is 11.7 Å². The molecular formula is C8H12N4O2S. The van der Waals surface area contributed by atoms with Gasteiger partial charge in [-0.15, -0.1) is 0 Å². The normalized spacial score (nSPS) is 16.6.